The minimum absolute atomic E-state index is 0.202. The molecule has 0 radical (unpaired) electrons. The van der Waals surface area contributed by atoms with Crippen molar-refractivity contribution in [1.29, 1.82) is 0 Å². The number of anilines is 1. The Balaban J connectivity index is 1.69. The van der Waals surface area contributed by atoms with E-state index in [0.717, 1.165) is 23.2 Å². The molecule has 1 amide bonds. The van der Waals surface area contributed by atoms with Crippen LogP contribution >= 0.6 is 11.6 Å². The molecule has 8 heteroatoms. The van der Waals surface area contributed by atoms with Crippen molar-refractivity contribution in [3.8, 4) is 0 Å². The first kappa shape index (κ1) is 20.8. The Hall–Kier alpha value is -1.93. The first-order valence-corrected chi connectivity index (χ1v) is 11.0. The summed E-state index contributed by atoms with van der Waals surface area (Å²) in [4.78, 5) is 12.5. The van der Waals surface area contributed by atoms with E-state index >= 15 is 0 Å². The molecule has 28 heavy (non-hydrogen) atoms. The number of carbonyl (C=O) groups is 1. The molecule has 0 unspecified atom stereocenters. The zero-order chi connectivity index (χ0) is 20.1. The predicted molar refractivity (Wildman–Crippen MR) is 111 cm³/mol. The Bertz CT molecular complexity index is 949. The summed E-state index contributed by atoms with van der Waals surface area (Å²) in [5.74, 6) is -0.339. The molecule has 150 valence electrons. The normalized spacial score (nSPS) is 17.4. The van der Waals surface area contributed by atoms with Crippen LogP contribution in [0, 0.1) is 0 Å². The summed E-state index contributed by atoms with van der Waals surface area (Å²) in [5, 5.41) is 3.40. The molecule has 0 spiro atoms. The van der Waals surface area contributed by atoms with Gasteiger partial charge in [-0.15, -0.1) is 0 Å². The maximum Gasteiger partial charge on any atom is 0.282 e. The molecule has 1 N–H and O–H groups in total. The van der Waals surface area contributed by atoms with Gasteiger partial charge in [-0.25, -0.2) is 0 Å². The average Bonchev–Trinajstić information content (AvgIpc) is 2.66. The number of nitrogens with one attached hydrogen (secondary N) is 1. The van der Waals surface area contributed by atoms with Gasteiger partial charge in [0.1, 0.15) is 0 Å². The summed E-state index contributed by atoms with van der Waals surface area (Å²) < 4.78 is 28.5. The molecule has 1 heterocycles. The number of hydrogen-bond donors (Lipinski definition) is 1. The predicted octanol–water partition coefficient (Wildman–Crippen LogP) is 3.29. The molecular weight excluding hydrogens is 398 g/mol. The van der Waals surface area contributed by atoms with Crippen LogP contribution in [-0.2, 0) is 28.0 Å². The van der Waals surface area contributed by atoms with Crippen LogP contribution in [0.5, 0.6) is 0 Å². The van der Waals surface area contributed by atoms with Crippen molar-refractivity contribution < 1.29 is 13.2 Å². The Morgan fingerprint density at radius 1 is 1.11 bits per heavy atom. The van der Waals surface area contributed by atoms with Gasteiger partial charge >= 0.3 is 0 Å². The van der Waals surface area contributed by atoms with Gasteiger partial charge in [0.15, 0.2) is 0 Å². The fraction of sp³-hybridized carbons (Fsp3) is 0.350. The zero-order valence-electron chi connectivity index (χ0n) is 15.8. The van der Waals surface area contributed by atoms with E-state index in [0.29, 0.717) is 24.5 Å². The number of halogens is 1. The number of amides is 1. The van der Waals surface area contributed by atoms with Gasteiger partial charge < -0.3 is 5.32 Å². The molecule has 2 aromatic carbocycles. The highest BCUT2D eigenvalue weighted by Crippen LogP contribution is 2.21. The van der Waals surface area contributed by atoms with E-state index in [2.05, 4.69) is 5.32 Å². The smallest absolute Gasteiger partial charge is 0.282 e. The Kier molecular flexibility index (Phi) is 6.72. The number of rotatable bonds is 6. The SMILES string of the molecule is CCc1ccccc1NC(=O)CN1CCCN(Cc2cccc(Cl)c2)S1(=O)=O. The fourth-order valence-electron chi connectivity index (χ4n) is 3.28. The summed E-state index contributed by atoms with van der Waals surface area (Å²) >= 11 is 6.00. The van der Waals surface area contributed by atoms with Gasteiger partial charge in [0.25, 0.3) is 10.2 Å². The van der Waals surface area contributed by atoms with E-state index in [1.54, 1.807) is 18.2 Å². The lowest BCUT2D eigenvalue weighted by Gasteiger charge is -2.34. The van der Waals surface area contributed by atoms with Crippen molar-refractivity contribution in [2.45, 2.75) is 26.3 Å². The first-order valence-electron chi connectivity index (χ1n) is 9.27. The second-order valence-electron chi connectivity index (χ2n) is 6.72. The number of aryl methyl sites for hydroxylation is 1. The Morgan fingerprint density at radius 3 is 2.61 bits per heavy atom. The lowest BCUT2D eigenvalue weighted by Crippen LogP contribution is -2.51. The van der Waals surface area contributed by atoms with Crippen LogP contribution in [0.2, 0.25) is 5.02 Å². The van der Waals surface area contributed by atoms with Crippen molar-refractivity contribution in [2.24, 2.45) is 0 Å². The van der Waals surface area contributed by atoms with E-state index < -0.39 is 10.2 Å². The van der Waals surface area contributed by atoms with Crippen molar-refractivity contribution >= 4 is 33.4 Å². The monoisotopic (exact) mass is 421 g/mol. The van der Waals surface area contributed by atoms with E-state index in [1.165, 1.54) is 8.61 Å². The highest BCUT2D eigenvalue weighted by Gasteiger charge is 2.34. The molecule has 3 rings (SSSR count). The van der Waals surface area contributed by atoms with Crippen molar-refractivity contribution in [1.82, 2.24) is 8.61 Å². The van der Waals surface area contributed by atoms with Gasteiger partial charge in [-0.1, -0.05) is 48.9 Å². The molecule has 0 aromatic heterocycles. The van der Waals surface area contributed by atoms with Crippen LogP contribution in [0.1, 0.15) is 24.5 Å². The summed E-state index contributed by atoms with van der Waals surface area (Å²) in [6.07, 6.45) is 1.45. The second-order valence-corrected chi connectivity index (χ2v) is 9.08. The zero-order valence-corrected chi connectivity index (χ0v) is 17.3. The van der Waals surface area contributed by atoms with Gasteiger partial charge in [-0.2, -0.15) is 17.0 Å². The topological polar surface area (TPSA) is 69.7 Å². The molecule has 1 aliphatic rings. The lowest BCUT2D eigenvalue weighted by atomic mass is 10.1. The van der Waals surface area contributed by atoms with Gasteiger partial charge in [-0.05, 0) is 42.2 Å². The number of hydrogen-bond acceptors (Lipinski definition) is 3. The van der Waals surface area contributed by atoms with Crippen molar-refractivity contribution in [2.75, 3.05) is 25.0 Å². The molecule has 1 fully saturated rings. The summed E-state index contributed by atoms with van der Waals surface area (Å²) in [6, 6.07) is 14.7. The van der Waals surface area contributed by atoms with Crippen LogP contribution in [-0.4, -0.2) is 42.6 Å². The molecule has 6 nitrogen and oxygen atoms in total. The average molecular weight is 422 g/mol. The van der Waals surface area contributed by atoms with Gasteiger partial charge in [0, 0.05) is 30.3 Å². The minimum Gasteiger partial charge on any atom is -0.325 e. The van der Waals surface area contributed by atoms with Crippen LogP contribution in [0.3, 0.4) is 0 Å². The minimum atomic E-state index is -3.72. The third kappa shape index (κ3) is 4.91. The molecule has 2 aromatic rings. The molecule has 0 atom stereocenters. The number of benzene rings is 2. The number of nitrogens with zero attached hydrogens (tertiary/aromatic N) is 2. The van der Waals surface area contributed by atoms with Crippen LogP contribution in [0.4, 0.5) is 5.69 Å². The van der Waals surface area contributed by atoms with E-state index in [4.69, 9.17) is 11.6 Å². The first-order chi connectivity index (χ1) is 13.4. The highest BCUT2D eigenvalue weighted by molar-refractivity contribution is 7.86. The maximum absolute atomic E-state index is 13.0. The summed E-state index contributed by atoms with van der Waals surface area (Å²) in [6.45, 7) is 2.79. The summed E-state index contributed by atoms with van der Waals surface area (Å²) in [5.41, 5.74) is 2.55. The molecule has 0 bridgehead atoms. The largest absolute Gasteiger partial charge is 0.325 e. The van der Waals surface area contributed by atoms with Crippen molar-refractivity contribution in [3.63, 3.8) is 0 Å². The summed E-state index contributed by atoms with van der Waals surface area (Å²) in [7, 11) is -3.72. The number of para-hydroxylation sites is 1. The second kappa shape index (κ2) is 9.05. The van der Waals surface area contributed by atoms with Crippen LogP contribution in [0.15, 0.2) is 48.5 Å². The molecule has 0 saturated carbocycles. The molecule has 0 aliphatic carbocycles. The maximum atomic E-state index is 13.0. The van der Waals surface area contributed by atoms with Crippen LogP contribution in [0.25, 0.3) is 0 Å². The number of carbonyl (C=O) groups excluding carboxylic acids is 1. The van der Waals surface area contributed by atoms with Gasteiger partial charge in [0.2, 0.25) is 5.91 Å². The lowest BCUT2D eigenvalue weighted by molar-refractivity contribution is -0.116. The Morgan fingerprint density at radius 2 is 1.86 bits per heavy atom. The van der Waals surface area contributed by atoms with E-state index in [9.17, 15) is 13.2 Å². The van der Waals surface area contributed by atoms with Crippen LogP contribution < -0.4 is 5.32 Å². The quantitative estimate of drug-likeness (QED) is 0.778. The van der Waals surface area contributed by atoms with E-state index in [1.807, 2.05) is 37.3 Å². The third-order valence-electron chi connectivity index (χ3n) is 4.71. The third-order valence-corrected chi connectivity index (χ3v) is 6.87. The van der Waals surface area contributed by atoms with E-state index in [-0.39, 0.29) is 19.0 Å². The van der Waals surface area contributed by atoms with Crippen molar-refractivity contribution in [3.05, 3.63) is 64.7 Å². The van der Waals surface area contributed by atoms with Gasteiger partial charge in [-0.3, -0.25) is 4.79 Å². The highest BCUT2D eigenvalue weighted by atomic mass is 35.5. The Labute approximate surface area is 171 Å². The standard InChI is InChI=1S/C20H24ClN3O3S/c1-2-17-8-3-4-10-19(17)22-20(25)15-24-12-6-11-23(28(24,26)27)14-16-7-5-9-18(21)13-16/h3-5,7-10,13H,2,6,11-12,14-15H2,1H3,(H,22,25). The molecule has 1 saturated heterocycles. The molecule has 1 aliphatic heterocycles. The van der Waals surface area contributed by atoms with Gasteiger partial charge in [0.05, 0.1) is 6.54 Å². The molecular formula is C20H24ClN3O3S. The fourth-order valence-corrected chi connectivity index (χ4v) is 5.13.